The predicted octanol–water partition coefficient (Wildman–Crippen LogP) is 2.35. The van der Waals surface area contributed by atoms with Gasteiger partial charge in [0.05, 0.1) is 6.26 Å². The molecule has 0 saturated carbocycles. The molecular formula is C9H12F3NO. The molecule has 0 spiro atoms. The molecule has 80 valence electrons. The van der Waals surface area contributed by atoms with Crippen LogP contribution in [0.25, 0.3) is 0 Å². The van der Waals surface area contributed by atoms with Crippen LogP contribution in [0.15, 0.2) is 22.8 Å². The Labute approximate surface area is 79.9 Å². The van der Waals surface area contributed by atoms with Gasteiger partial charge < -0.3 is 10.2 Å². The summed E-state index contributed by atoms with van der Waals surface area (Å²) in [6, 6.07) is 3.30. The Morgan fingerprint density at radius 3 is 2.57 bits per heavy atom. The van der Waals surface area contributed by atoms with Crippen LogP contribution in [0.2, 0.25) is 0 Å². The van der Waals surface area contributed by atoms with Crippen molar-refractivity contribution in [3.8, 4) is 0 Å². The molecule has 2 nitrogen and oxygen atoms in total. The Morgan fingerprint density at radius 2 is 2.14 bits per heavy atom. The summed E-state index contributed by atoms with van der Waals surface area (Å²) < 4.78 is 41.1. The topological polar surface area (TPSA) is 39.2 Å². The van der Waals surface area contributed by atoms with Crippen molar-refractivity contribution in [2.75, 3.05) is 6.54 Å². The Kier molecular flexibility index (Phi) is 3.57. The van der Waals surface area contributed by atoms with E-state index in [1.165, 1.54) is 6.26 Å². The van der Waals surface area contributed by atoms with Crippen LogP contribution in [-0.2, 0) is 6.42 Å². The second-order valence-corrected chi connectivity index (χ2v) is 3.20. The van der Waals surface area contributed by atoms with Gasteiger partial charge in [0.2, 0.25) is 0 Å². The second-order valence-electron chi connectivity index (χ2n) is 3.20. The van der Waals surface area contributed by atoms with Gasteiger partial charge in [-0.1, -0.05) is 0 Å². The van der Waals surface area contributed by atoms with Gasteiger partial charge in [-0.25, -0.2) is 0 Å². The van der Waals surface area contributed by atoms with Gasteiger partial charge in [0, 0.05) is 12.8 Å². The average molecular weight is 207 g/mol. The molecule has 5 heteroatoms. The van der Waals surface area contributed by atoms with Gasteiger partial charge in [-0.15, -0.1) is 0 Å². The number of rotatable bonds is 4. The third-order valence-corrected chi connectivity index (χ3v) is 1.92. The molecule has 2 N–H and O–H groups in total. The summed E-state index contributed by atoms with van der Waals surface area (Å²) in [5, 5.41) is 0. The van der Waals surface area contributed by atoms with Crippen LogP contribution >= 0.6 is 0 Å². The molecule has 0 fully saturated rings. The lowest BCUT2D eigenvalue weighted by molar-refractivity contribution is -0.143. The zero-order valence-corrected chi connectivity index (χ0v) is 7.55. The predicted molar refractivity (Wildman–Crippen MR) is 45.6 cm³/mol. The van der Waals surface area contributed by atoms with Crippen molar-refractivity contribution in [2.24, 2.45) is 11.7 Å². The molecule has 0 radical (unpaired) electrons. The van der Waals surface area contributed by atoms with Gasteiger partial charge in [-0.05, 0) is 24.6 Å². The fourth-order valence-corrected chi connectivity index (χ4v) is 1.28. The fraction of sp³-hybridized carbons (Fsp3) is 0.556. The summed E-state index contributed by atoms with van der Waals surface area (Å²) >= 11 is 0. The van der Waals surface area contributed by atoms with E-state index in [2.05, 4.69) is 0 Å². The highest BCUT2D eigenvalue weighted by atomic mass is 19.4. The molecule has 0 aromatic carbocycles. The molecule has 0 unspecified atom stereocenters. The van der Waals surface area contributed by atoms with Gasteiger partial charge in [-0.3, -0.25) is 0 Å². The van der Waals surface area contributed by atoms with E-state index in [1.54, 1.807) is 12.1 Å². The third-order valence-electron chi connectivity index (χ3n) is 1.92. The number of halogens is 3. The van der Waals surface area contributed by atoms with Crippen LogP contribution in [0.4, 0.5) is 13.2 Å². The molecule has 0 aliphatic carbocycles. The highest BCUT2D eigenvalue weighted by Gasteiger charge is 2.31. The first-order valence-corrected chi connectivity index (χ1v) is 4.30. The van der Waals surface area contributed by atoms with Gasteiger partial charge in [-0.2, -0.15) is 13.2 Å². The molecule has 1 aromatic heterocycles. The maximum Gasteiger partial charge on any atom is 0.389 e. The minimum absolute atomic E-state index is 0.0141. The first-order chi connectivity index (χ1) is 6.51. The van der Waals surface area contributed by atoms with Gasteiger partial charge in [0.1, 0.15) is 5.76 Å². The molecule has 1 atom stereocenters. The summed E-state index contributed by atoms with van der Waals surface area (Å²) in [6.07, 6.45) is -3.33. The smallest absolute Gasteiger partial charge is 0.389 e. The Balaban J connectivity index is 2.47. The summed E-state index contributed by atoms with van der Waals surface area (Å²) in [7, 11) is 0. The van der Waals surface area contributed by atoms with E-state index < -0.39 is 18.5 Å². The number of nitrogens with two attached hydrogens (primary N) is 1. The van der Waals surface area contributed by atoms with Crippen molar-refractivity contribution in [1.82, 2.24) is 0 Å². The van der Waals surface area contributed by atoms with E-state index in [0.717, 1.165) is 0 Å². The van der Waals surface area contributed by atoms with Crippen molar-refractivity contribution >= 4 is 0 Å². The highest BCUT2D eigenvalue weighted by Crippen LogP contribution is 2.26. The van der Waals surface area contributed by atoms with Crippen molar-refractivity contribution in [2.45, 2.75) is 19.0 Å². The largest absolute Gasteiger partial charge is 0.469 e. The zero-order chi connectivity index (χ0) is 10.6. The summed E-state index contributed by atoms with van der Waals surface area (Å²) in [5.41, 5.74) is 5.25. The quantitative estimate of drug-likeness (QED) is 0.823. The van der Waals surface area contributed by atoms with Gasteiger partial charge >= 0.3 is 6.18 Å². The number of furan rings is 1. The summed E-state index contributed by atoms with van der Waals surface area (Å²) in [6.45, 7) is 0.0141. The first-order valence-electron chi connectivity index (χ1n) is 4.30. The maximum absolute atomic E-state index is 12.0. The lowest BCUT2D eigenvalue weighted by Gasteiger charge is -2.15. The third kappa shape index (κ3) is 3.83. The second kappa shape index (κ2) is 4.50. The molecular weight excluding hydrogens is 195 g/mol. The van der Waals surface area contributed by atoms with Crippen LogP contribution < -0.4 is 5.73 Å². The van der Waals surface area contributed by atoms with E-state index >= 15 is 0 Å². The first kappa shape index (κ1) is 11.1. The lowest BCUT2D eigenvalue weighted by atomic mass is 10.00. The average Bonchev–Trinajstić information content (AvgIpc) is 2.53. The van der Waals surface area contributed by atoms with Crippen molar-refractivity contribution in [3.63, 3.8) is 0 Å². The van der Waals surface area contributed by atoms with E-state index in [0.29, 0.717) is 5.76 Å². The minimum atomic E-state index is -4.16. The van der Waals surface area contributed by atoms with Crippen molar-refractivity contribution in [3.05, 3.63) is 24.2 Å². The van der Waals surface area contributed by atoms with Crippen molar-refractivity contribution < 1.29 is 17.6 Å². The van der Waals surface area contributed by atoms with E-state index in [4.69, 9.17) is 10.2 Å². The normalized spacial score (nSPS) is 14.3. The Hall–Kier alpha value is -0.970. The van der Waals surface area contributed by atoms with E-state index in [1.807, 2.05) is 0 Å². The van der Waals surface area contributed by atoms with Crippen molar-refractivity contribution in [1.29, 1.82) is 0 Å². The molecule has 0 aliphatic heterocycles. The molecule has 0 amide bonds. The molecule has 0 aliphatic rings. The molecule has 1 heterocycles. The maximum atomic E-state index is 12.0. The number of hydrogen-bond acceptors (Lipinski definition) is 2. The molecule has 1 aromatic rings. The SMILES string of the molecule is NC[C@@H](Cc1ccco1)CC(F)(F)F. The van der Waals surface area contributed by atoms with Crippen LogP contribution in [0.3, 0.4) is 0 Å². The van der Waals surface area contributed by atoms with Crippen LogP contribution in [0.1, 0.15) is 12.2 Å². The number of hydrogen-bond donors (Lipinski definition) is 1. The molecule has 1 rings (SSSR count). The zero-order valence-electron chi connectivity index (χ0n) is 7.55. The minimum Gasteiger partial charge on any atom is -0.469 e. The Bertz CT molecular complexity index is 256. The fourth-order valence-electron chi connectivity index (χ4n) is 1.28. The van der Waals surface area contributed by atoms with E-state index in [-0.39, 0.29) is 13.0 Å². The monoisotopic (exact) mass is 207 g/mol. The molecule has 0 bridgehead atoms. The van der Waals surface area contributed by atoms with Crippen LogP contribution in [0.5, 0.6) is 0 Å². The summed E-state index contributed by atoms with van der Waals surface area (Å²) in [5.74, 6) is -0.0501. The van der Waals surface area contributed by atoms with Crippen LogP contribution in [0, 0.1) is 5.92 Å². The summed E-state index contributed by atoms with van der Waals surface area (Å²) in [4.78, 5) is 0. The van der Waals surface area contributed by atoms with Gasteiger partial charge in [0.15, 0.2) is 0 Å². The lowest BCUT2D eigenvalue weighted by Crippen LogP contribution is -2.23. The van der Waals surface area contributed by atoms with Gasteiger partial charge in [0.25, 0.3) is 0 Å². The standard InChI is InChI=1S/C9H12F3NO/c10-9(11,12)5-7(6-13)4-8-2-1-3-14-8/h1-3,7H,4-6,13H2/t7-/m0/s1. The number of alkyl halides is 3. The molecule has 0 saturated heterocycles. The van der Waals surface area contributed by atoms with Crippen LogP contribution in [-0.4, -0.2) is 12.7 Å². The van der Waals surface area contributed by atoms with E-state index in [9.17, 15) is 13.2 Å². The molecule has 14 heavy (non-hydrogen) atoms. The highest BCUT2D eigenvalue weighted by molar-refractivity contribution is 4.99. The Morgan fingerprint density at radius 1 is 1.43 bits per heavy atom.